The van der Waals surface area contributed by atoms with Gasteiger partial charge in [0.15, 0.2) is 0 Å². The second-order valence-electron chi connectivity index (χ2n) is 7.74. The van der Waals surface area contributed by atoms with Crippen molar-refractivity contribution in [1.82, 2.24) is 0 Å². The van der Waals surface area contributed by atoms with Crippen molar-refractivity contribution in [3.8, 4) is 0 Å². The Morgan fingerprint density at radius 2 is 2.17 bits per heavy atom. The average Bonchev–Trinajstić information content (AvgIpc) is 3.28. The van der Waals surface area contributed by atoms with Gasteiger partial charge in [0, 0.05) is 17.8 Å². The Labute approximate surface area is 135 Å². The normalized spacial score (nSPS) is 53.7. The molecule has 7 atom stereocenters. The Balaban J connectivity index is 1.85. The van der Waals surface area contributed by atoms with Gasteiger partial charge in [0.1, 0.15) is 24.4 Å². The van der Waals surface area contributed by atoms with Gasteiger partial charge in [0.05, 0.1) is 18.8 Å². The van der Waals surface area contributed by atoms with Crippen LogP contribution in [0.2, 0.25) is 0 Å². The molecule has 2 N–H and O–H groups in total. The molecular formula is C17H24O6. The van der Waals surface area contributed by atoms with E-state index in [1.807, 2.05) is 13.8 Å². The number of ether oxygens (including phenoxy) is 3. The Hall–Kier alpha value is -0.950. The van der Waals surface area contributed by atoms with Gasteiger partial charge < -0.3 is 24.4 Å². The molecule has 0 radical (unpaired) electrons. The fraction of sp³-hybridized carbons (Fsp3) is 0.824. The molecular weight excluding hydrogens is 300 g/mol. The minimum Gasteiger partial charge on any atom is -0.465 e. The number of hydrogen-bond acceptors (Lipinski definition) is 6. The highest BCUT2D eigenvalue weighted by Crippen LogP contribution is 2.71. The molecule has 2 saturated heterocycles. The van der Waals surface area contributed by atoms with Crippen LogP contribution in [0.4, 0.5) is 0 Å². The van der Waals surface area contributed by atoms with Crippen molar-refractivity contribution in [2.45, 2.75) is 63.6 Å². The number of carbonyl (C=O) groups excluding carboxylic acids is 1. The molecule has 6 nitrogen and oxygen atoms in total. The molecule has 2 heterocycles. The summed E-state index contributed by atoms with van der Waals surface area (Å²) in [6.07, 6.45) is 0.829. The summed E-state index contributed by atoms with van der Waals surface area (Å²) >= 11 is 0. The molecule has 3 fully saturated rings. The van der Waals surface area contributed by atoms with Gasteiger partial charge in [0.2, 0.25) is 0 Å². The topological polar surface area (TPSA) is 88.5 Å². The smallest absolute Gasteiger partial charge is 0.302 e. The molecule has 2 aliphatic heterocycles. The Morgan fingerprint density at radius 3 is 2.78 bits per heavy atom. The largest absolute Gasteiger partial charge is 0.465 e. The van der Waals surface area contributed by atoms with E-state index >= 15 is 0 Å². The van der Waals surface area contributed by atoms with E-state index in [1.54, 1.807) is 0 Å². The van der Waals surface area contributed by atoms with Crippen LogP contribution in [0.5, 0.6) is 0 Å². The Kier molecular flexibility index (Phi) is 3.09. The van der Waals surface area contributed by atoms with Crippen molar-refractivity contribution in [3.05, 3.63) is 11.6 Å². The van der Waals surface area contributed by atoms with Gasteiger partial charge in [-0.1, -0.05) is 18.6 Å². The van der Waals surface area contributed by atoms with Crippen LogP contribution in [-0.4, -0.2) is 59.4 Å². The van der Waals surface area contributed by atoms with Gasteiger partial charge in [-0.2, -0.15) is 0 Å². The van der Waals surface area contributed by atoms with E-state index in [0.29, 0.717) is 6.61 Å². The van der Waals surface area contributed by atoms with Gasteiger partial charge in [-0.05, 0) is 19.8 Å². The van der Waals surface area contributed by atoms with Crippen LogP contribution in [-0.2, 0) is 19.0 Å². The number of esters is 1. The van der Waals surface area contributed by atoms with Gasteiger partial charge in [0.25, 0.3) is 0 Å². The molecule has 0 aromatic heterocycles. The van der Waals surface area contributed by atoms with Crippen molar-refractivity contribution in [2.24, 2.45) is 10.8 Å². The lowest BCUT2D eigenvalue weighted by Gasteiger charge is -2.57. The SMILES string of the molecule is CC(=O)OC[C@@]12CCC(C)=C[C@@H]1O[C@H]1[C@@H](O)[C@H](O)C2(C)C12CO2. The molecule has 23 heavy (non-hydrogen) atoms. The first kappa shape index (κ1) is 15.6. The molecule has 2 unspecified atom stereocenters. The first-order valence-corrected chi connectivity index (χ1v) is 8.25. The summed E-state index contributed by atoms with van der Waals surface area (Å²) in [5, 5.41) is 21.4. The van der Waals surface area contributed by atoms with Crippen LogP contribution in [0.15, 0.2) is 11.6 Å². The average molecular weight is 324 g/mol. The van der Waals surface area contributed by atoms with Gasteiger partial charge in [-0.3, -0.25) is 4.79 Å². The number of fused-ring (bicyclic) bond motifs is 2. The summed E-state index contributed by atoms with van der Waals surface area (Å²) in [6, 6.07) is 0. The summed E-state index contributed by atoms with van der Waals surface area (Å²) in [5.74, 6) is -0.353. The predicted octanol–water partition coefficient (Wildman–Crippen LogP) is 0.554. The molecule has 0 amide bonds. The minimum absolute atomic E-state index is 0.162. The number of carbonyl (C=O) groups is 1. The third kappa shape index (κ3) is 1.65. The highest BCUT2D eigenvalue weighted by molar-refractivity contribution is 5.66. The van der Waals surface area contributed by atoms with Crippen LogP contribution in [0.25, 0.3) is 0 Å². The zero-order chi connectivity index (χ0) is 16.6. The molecule has 1 spiro atoms. The van der Waals surface area contributed by atoms with Crippen LogP contribution >= 0.6 is 0 Å². The molecule has 4 aliphatic rings. The fourth-order valence-corrected chi connectivity index (χ4v) is 5.26. The molecule has 0 aromatic carbocycles. The van der Waals surface area contributed by atoms with Crippen molar-refractivity contribution < 1.29 is 29.2 Å². The van der Waals surface area contributed by atoms with Crippen LogP contribution in [0, 0.1) is 10.8 Å². The number of epoxide rings is 1. The highest BCUT2D eigenvalue weighted by Gasteiger charge is 2.84. The van der Waals surface area contributed by atoms with E-state index in [-0.39, 0.29) is 18.7 Å². The first-order chi connectivity index (χ1) is 10.8. The first-order valence-electron chi connectivity index (χ1n) is 8.25. The van der Waals surface area contributed by atoms with Crippen molar-refractivity contribution in [3.63, 3.8) is 0 Å². The lowest BCUT2D eigenvalue weighted by atomic mass is 9.51. The standard InChI is InChI=1S/C17H24O6/c1-9-4-5-16(7-21-10(2)18)11(6-9)23-14-12(19)13(20)15(16,3)17(14)8-22-17/h6,11-14,19-20H,4-5,7-8H2,1-3H3/t11-,12-,13-,14-,15?,16-,17?/m0/s1. The summed E-state index contributed by atoms with van der Waals surface area (Å²) < 4.78 is 17.4. The summed E-state index contributed by atoms with van der Waals surface area (Å²) in [4.78, 5) is 11.4. The summed E-state index contributed by atoms with van der Waals surface area (Å²) in [6.45, 7) is 6.01. The molecule has 4 rings (SSSR count). The number of aliphatic hydroxyl groups is 2. The van der Waals surface area contributed by atoms with Crippen molar-refractivity contribution in [2.75, 3.05) is 13.2 Å². The maximum Gasteiger partial charge on any atom is 0.302 e. The molecule has 1 saturated carbocycles. The lowest BCUT2D eigenvalue weighted by Crippen LogP contribution is -2.66. The van der Waals surface area contributed by atoms with Gasteiger partial charge >= 0.3 is 5.97 Å². The molecule has 2 bridgehead atoms. The molecule has 128 valence electrons. The minimum atomic E-state index is -0.990. The maximum atomic E-state index is 11.4. The summed E-state index contributed by atoms with van der Waals surface area (Å²) in [7, 11) is 0. The van der Waals surface area contributed by atoms with Crippen LogP contribution < -0.4 is 0 Å². The zero-order valence-electron chi connectivity index (χ0n) is 13.7. The molecule has 2 aliphatic carbocycles. The Morgan fingerprint density at radius 1 is 1.48 bits per heavy atom. The summed E-state index contributed by atoms with van der Waals surface area (Å²) in [5.41, 5.74) is -0.781. The van der Waals surface area contributed by atoms with E-state index in [1.165, 1.54) is 12.5 Å². The van der Waals surface area contributed by atoms with E-state index < -0.39 is 34.7 Å². The van der Waals surface area contributed by atoms with Crippen LogP contribution in [0.1, 0.15) is 33.6 Å². The number of rotatable bonds is 2. The van der Waals surface area contributed by atoms with Crippen LogP contribution in [0.3, 0.4) is 0 Å². The molecule has 0 aromatic rings. The Bertz CT molecular complexity index is 582. The highest BCUT2D eigenvalue weighted by atomic mass is 16.6. The lowest BCUT2D eigenvalue weighted by molar-refractivity contribution is -0.230. The van der Waals surface area contributed by atoms with E-state index in [9.17, 15) is 15.0 Å². The molecule has 6 heteroatoms. The second-order valence-corrected chi connectivity index (χ2v) is 7.74. The van der Waals surface area contributed by atoms with Crippen molar-refractivity contribution in [1.29, 1.82) is 0 Å². The number of allylic oxidation sites excluding steroid dienone is 1. The monoisotopic (exact) mass is 324 g/mol. The van der Waals surface area contributed by atoms with Crippen molar-refractivity contribution >= 4 is 5.97 Å². The quantitative estimate of drug-likeness (QED) is 0.438. The predicted molar refractivity (Wildman–Crippen MR) is 79.5 cm³/mol. The zero-order valence-corrected chi connectivity index (χ0v) is 13.7. The van der Waals surface area contributed by atoms with Gasteiger partial charge in [-0.25, -0.2) is 0 Å². The van der Waals surface area contributed by atoms with E-state index in [0.717, 1.165) is 12.8 Å². The number of hydrogen-bond donors (Lipinski definition) is 2. The second kappa shape index (κ2) is 4.57. The van der Waals surface area contributed by atoms with E-state index in [4.69, 9.17) is 14.2 Å². The maximum absolute atomic E-state index is 11.4. The number of aliphatic hydroxyl groups excluding tert-OH is 2. The fourth-order valence-electron chi connectivity index (χ4n) is 5.26. The third-order valence-electron chi connectivity index (χ3n) is 6.83. The van der Waals surface area contributed by atoms with E-state index in [2.05, 4.69) is 6.08 Å². The third-order valence-corrected chi connectivity index (χ3v) is 6.83. The van der Waals surface area contributed by atoms with Gasteiger partial charge in [-0.15, -0.1) is 0 Å².